The van der Waals surface area contributed by atoms with Gasteiger partial charge < -0.3 is 0 Å². The lowest BCUT2D eigenvalue weighted by Gasteiger charge is -2.15. The van der Waals surface area contributed by atoms with Crippen molar-refractivity contribution in [1.29, 1.82) is 0 Å². The van der Waals surface area contributed by atoms with Crippen molar-refractivity contribution in [2.75, 3.05) is 12.5 Å². The number of thiol groups is 1. The lowest BCUT2D eigenvalue weighted by Crippen LogP contribution is -2.09. The van der Waals surface area contributed by atoms with Gasteiger partial charge >= 0.3 is 0 Å². The van der Waals surface area contributed by atoms with E-state index in [-0.39, 0.29) is 16.5 Å². The van der Waals surface area contributed by atoms with Crippen molar-refractivity contribution in [2.24, 2.45) is 0 Å². The van der Waals surface area contributed by atoms with Gasteiger partial charge in [-0.15, -0.1) is 0 Å². The lowest BCUT2D eigenvalue weighted by molar-refractivity contribution is 0.590. The summed E-state index contributed by atoms with van der Waals surface area (Å²) in [6.07, 6.45) is 8.54. The summed E-state index contributed by atoms with van der Waals surface area (Å²) >= 11 is -0.116. The smallest absolute Gasteiger partial charge is 0.0537 e. The highest BCUT2D eigenvalue weighted by molar-refractivity contribution is 8.14. The number of nitrogens with zero attached hydrogens (tertiary/aromatic N) is 2. The van der Waals surface area contributed by atoms with Crippen LogP contribution in [-0.4, -0.2) is 21.7 Å². The standard InChI is InChI=1S/C9H18N2S/c1-9(2,3)8-6-10-11(7-8)12(4)5/h6-7,12H,1-5H3. The SMILES string of the molecule is C[SH](C)n1cc(C(C)(C)C)cn1. The quantitative estimate of drug-likeness (QED) is 0.666. The predicted octanol–water partition coefficient (Wildman–Crippen LogP) is 2.20. The maximum Gasteiger partial charge on any atom is 0.0537 e. The Bertz CT molecular complexity index is 258. The second kappa shape index (κ2) is 3.13. The van der Waals surface area contributed by atoms with Crippen molar-refractivity contribution in [3.63, 3.8) is 0 Å². The molecule has 0 radical (unpaired) electrons. The molecule has 0 aliphatic carbocycles. The Morgan fingerprint density at radius 2 is 1.92 bits per heavy atom. The summed E-state index contributed by atoms with van der Waals surface area (Å²) in [7, 11) is 0. The molecule has 1 heterocycles. The maximum atomic E-state index is 4.33. The largest absolute Gasteiger partial charge is 0.236 e. The Morgan fingerprint density at radius 3 is 2.17 bits per heavy atom. The van der Waals surface area contributed by atoms with E-state index in [1.807, 2.05) is 6.20 Å². The molecule has 2 nitrogen and oxygen atoms in total. The minimum absolute atomic E-state index is 0.116. The molecule has 12 heavy (non-hydrogen) atoms. The summed E-state index contributed by atoms with van der Waals surface area (Å²) < 4.78 is 2.07. The highest BCUT2D eigenvalue weighted by Crippen LogP contribution is 2.24. The molecule has 0 saturated carbocycles. The molecule has 0 N–H and O–H groups in total. The van der Waals surface area contributed by atoms with E-state index in [1.54, 1.807) is 0 Å². The normalized spacial score (nSPS) is 13.2. The Hall–Kier alpha value is -0.440. The third kappa shape index (κ3) is 2.03. The molecule has 1 rings (SSSR count). The molecule has 70 valence electrons. The zero-order valence-electron chi connectivity index (χ0n) is 8.50. The van der Waals surface area contributed by atoms with Crippen LogP contribution in [0.15, 0.2) is 12.4 Å². The van der Waals surface area contributed by atoms with E-state index in [2.05, 4.69) is 48.7 Å². The van der Waals surface area contributed by atoms with Gasteiger partial charge in [0, 0.05) is 6.20 Å². The van der Waals surface area contributed by atoms with Crippen molar-refractivity contribution >= 4 is 11.1 Å². The molecule has 0 bridgehead atoms. The topological polar surface area (TPSA) is 17.8 Å². The van der Waals surface area contributed by atoms with E-state index in [1.165, 1.54) is 5.56 Å². The van der Waals surface area contributed by atoms with Crippen molar-refractivity contribution in [3.05, 3.63) is 18.0 Å². The summed E-state index contributed by atoms with van der Waals surface area (Å²) in [4.78, 5) is 0. The van der Waals surface area contributed by atoms with Crippen LogP contribution in [0.2, 0.25) is 0 Å². The van der Waals surface area contributed by atoms with Crippen LogP contribution in [-0.2, 0) is 5.41 Å². The van der Waals surface area contributed by atoms with Gasteiger partial charge in [-0.1, -0.05) is 20.8 Å². The third-order valence-corrected chi connectivity index (χ3v) is 2.88. The molecule has 0 atom stereocenters. The third-order valence-electron chi connectivity index (χ3n) is 1.85. The molecule has 0 fully saturated rings. The van der Waals surface area contributed by atoms with Crippen LogP contribution in [0, 0.1) is 0 Å². The molecule has 0 saturated heterocycles. The molecular formula is C9H18N2S. The lowest BCUT2D eigenvalue weighted by atomic mass is 9.90. The molecule has 3 heteroatoms. The minimum atomic E-state index is -0.116. The molecular weight excluding hydrogens is 168 g/mol. The van der Waals surface area contributed by atoms with Gasteiger partial charge in [-0.2, -0.15) is 16.2 Å². The first-order valence-corrected chi connectivity index (χ1v) is 6.33. The van der Waals surface area contributed by atoms with Gasteiger partial charge in [-0.3, -0.25) is 0 Å². The van der Waals surface area contributed by atoms with E-state index >= 15 is 0 Å². The Labute approximate surface area is 77.5 Å². The van der Waals surface area contributed by atoms with Gasteiger partial charge in [-0.25, -0.2) is 4.09 Å². The summed E-state index contributed by atoms with van der Waals surface area (Å²) in [5.41, 5.74) is 1.54. The average Bonchev–Trinajstić information content (AvgIpc) is 2.30. The highest BCUT2D eigenvalue weighted by atomic mass is 32.2. The summed E-state index contributed by atoms with van der Waals surface area (Å²) in [5.74, 6) is 0. The van der Waals surface area contributed by atoms with E-state index in [0.717, 1.165) is 0 Å². The van der Waals surface area contributed by atoms with E-state index in [9.17, 15) is 0 Å². The van der Waals surface area contributed by atoms with Gasteiger partial charge in [0.05, 0.1) is 6.20 Å². The molecule has 0 aliphatic rings. The first kappa shape index (κ1) is 9.65. The molecule has 0 unspecified atom stereocenters. The van der Waals surface area contributed by atoms with E-state index in [4.69, 9.17) is 0 Å². The van der Waals surface area contributed by atoms with Crippen LogP contribution >= 0.6 is 11.1 Å². The van der Waals surface area contributed by atoms with Gasteiger partial charge in [0.1, 0.15) is 0 Å². The molecule has 1 aromatic heterocycles. The molecule has 0 aromatic carbocycles. The average molecular weight is 186 g/mol. The van der Waals surface area contributed by atoms with Crippen LogP contribution in [0.25, 0.3) is 0 Å². The van der Waals surface area contributed by atoms with Crippen LogP contribution < -0.4 is 0 Å². The molecule has 0 spiro atoms. The monoisotopic (exact) mass is 186 g/mol. The number of rotatable bonds is 1. The van der Waals surface area contributed by atoms with Crippen LogP contribution in [0.1, 0.15) is 26.3 Å². The van der Waals surface area contributed by atoms with Crippen LogP contribution in [0.5, 0.6) is 0 Å². The Morgan fingerprint density at radius 1 is 1.33 bits per heavy atom. The van der Waals surface area contributed by atoms with Crippen molar-refractivity contribution in [1.82, 2.24) is 9.19 Å². The molecule has 0 aliphatic heterocycles. The van der Waals surface area contributed by atoms with Crippen molar-refractivity contribution in [2.45, 2.75) is 26.2 Å². The Kier molecular flexibility index (Phi) is 2.52. The second-order valence-corrected chi connectivity index (χ2v) is 6.35. The first-order valence-electron chi connectivity index (χ1n) is 4.14. The van der Waals surface area contributed by atoms with Crippen molar-refractivity contribution < 1.29 is 0 Å². The van der Waals surface area contributed by atoms with Gasteiger partial charge in [0.2, 0.25) is 0 Å². The van der Waals surface area contributed by atoms with Gasteiger partial charge in [0.15, 0.2) is 0 Å². The molecule has 1 aromatic rings. The van der Waals surface area contributed by atoms with E-state index in [0.29, 0.717) is 0 Å². The number of hydrogen-bond donors (Lipinski definition) is 1. The predicted molar refractivity (Wildman–Crippen MR) is 57.2 cm³/mol. The van der Waals surface area contributed by atoms with Crippen LogP contribution in [0.3, 0.4) is 0 Å². The Balaban J connectivity index is 2.92. The minimum Gasteiger partial charge on any atom is -0.236 e. The van der Waals surface area contributed by atoms with Gasteiger partial charge in [-0.05, 0) is 23.5 Å². The fourth-order valence-corrected chi connectivity index (χ4v) is 1.53. The first-order chi connectivity index (χ1) is 5.41. The maximum absolute atomic E-state index is 4.33. The van der Waals surface area contributed by atoms with Gasteiger partial charge in [0.25, 0.3) is 0 Å². The zero-order valence-corrected chi connectivity index (χ0v) is 9.39. The fourth-order valence-electron chi connectivity index (χ4n) is 0.918. The van der Waals surface area contributed by atoms with E-state index < -0.39 is 0 Å². The number of aromatic nitrogens is 2. The summed E-state index contributed by atoms with van der Waals surface area (Å²) in [6.45, 7) is 6.63. The molecule has 0 amide bonds. The second-order valence-electron chi connectivity index (χ2n) is 4.25. The summed E-state index contributed by atoms with van der Waals surface area (Å²) in [5, 5.41) is 4.33. The highest BCUT2D eigenvalue weighted by Gasteiger charge is 2.15. The summed E-state index contributed by atoms with van der Waals surface area (Å²) in [6, 6.07) is 0. The number of hydrogen-bond acceptors (Lipinski definition) is 1. The fraction of sp³-hybridized carbons (Fsp3) is 0.667. The van der Waals surface area contributed by atoms with Crippen LogP contribution in [0.4, 0.5) is 0 Å². The zero-order chi connectivity index (χ0) is 9.35. The van der Waals surface area contributed by atoms with Crippen molar-refractivity contribution in [3.8, 4) is 0 Å².